The van der Waals surface area contributed by atoms with Crippen molar-refractivity contribution >= 4 is 28.9 Å². The zero-order valence-electron chi connectivity index (χ0n) is 16.4. The van der Waals surface area contributed by atoms with Crippen molar-refractivity contribution in [3.63, 3.8) is 0 Å². The topological polar surface area (TPSA) is 84.5 Å². The van der Waals surface area contributed by atoms with Crippen LogP contribution in [0.4, 0.5) is 11.4 Å². The normalized spacial score (nSPS) is 14.1. The monoisotopic (exact) mass is 425 g/mol. The third-order valence-electron chi connectivity index (χ3n) is 5.10. The van der Waals surface area contributed by atoms with Crippen molar-refractivity contribution < 1.29 is 9.72 Å². The zero-order chi connectivity index (χ0) is 21.3. The van der Waals surface area contributed by atoms with E-state index < -0.39 is 4.92 Å². The molecular formula is C21H20ClN5O3. The Balaban J connectivity index is 1.49. The highest BCUT2D eigenvalue weighted by atomic mass is 35.5. The maximum absolute atomic E-state index is 13.2. The quantitative estimate of drug-likeness (QED) is 0.470. The van der Waals surface area contributed by atoms with Crippen LogP contribution in [0, 0.1) is 17.0 Å². The Bertz CT molecular complexity index is 1090. The number of nitro groups is 1. The molecule has 1 fully saturated rings. The van der Waals surface area contributed by atoms with Gasteiger partial charge in [-0.2, -0.15) is 5.10 Å². The van der Waals surface area contributed by atoms with Crippen molar-refractivity contribution in [3.05, 3.63) is 81.1 Å². The molecular weight excluding hydrogens is 406 g/mol. The van der Waals surface area contributed by atoms with E-state index in [0.717, 1.165) is 17.1 Å². The molecule has 1 aromatic heterocycles. The summed E-state index contributed by atoms with van der Waals surface area (Å²) in [6.45, 7) is 4.07. The highest BCUT2D eigenvalue weighted by Gasteiger charge is 2.26. The third kappa shape index (κ3) is 3.86. The largest absolute Gasteiger partial charge is 0.367 e. The molecule has 1 saturated heterocycles. The number of nitrogens with zero attached hydrogens (tertiary/aromatic N) is 5. The van der Waals surface area contributed by atoms with E-state index in [1.807, 2.05) is 42.2 Å². The second-order valence-electron chi connectivity index (χ2n) is 7.09. The molecule has 0 unspecified atom stereocenters. The maximum atomic E-state index is 13.2. The molecule has 8 nitrogen and oxygen atoms in total. The lowest BCUT2D eigenvalue weighted by molar-refractivity contribution is -0.384. The average Bonchev–Trinajstić information content (AvgIpc) is 3.15. The second-order valence-corrected chi connectivity index (χ2v) is 7.50. The number of halogens is 1. The van der Waals surface area contributed by atoms with Crippen LogP contribution in [0.5, 0.6) is 0 Å². The maximum Gasteiger partial charge on any atom is 0.272 e. The average molecular weight is 426 g/mol. The fourth-order valence-electron chi connectivity index (χ4n) is 3.60. The Kier molecular flexibility index (Phi) is 5.41. The number of carbonyl (C=O) groups excluding carboxylic acids is 1. The fourth-order valence-corrected chi connectivity index (χ4v) is 3.89. The van der Waals surface area contributed by atoms with Gasteiger partial charge in [0.2, 0.25) is 0 Å². The van der Waals surface area contributed by atoms with Crippen LogP contribution in [0.25, 0.3) is 5.69 Å². The molecule has 3 aromatic rings. The van der Waals surface area contributed by atoms with Crippen molar-refractivity contribution in [2.24, 2.45) is 0 Å². The third-order valence-corrected chi connectivity index (χ3v) is 5.40. The number of nitro benzene ring substituents is 1. The SMILES string of the molecule is Cc1cc(C(=O)N2CCN(c3ccc([N+](=O)[O-])cc3Cl)CC2)n(-c2ccccc2)n1. The Labute approximate surface area is 178 Å². The van der Waals surface area contributed by atoms with E-state index in [1.54, 1.807) is 21.7 Å². The molecule has 0 N–H and O–H groups in total. The van der Waals surface area contributed by atoms with E-state index in [-0.39, 0.29) is 11.6 Å². The fraction of sp³-hybridized carbons (Fsp3) is 0.238. The summed E-state index contributed by atoms with van der Waals surface area (Å²) in [6.07, 6.45) is 0. The minimum atomic E-state index is -0.468. The number of hydrogen-bond acceptors (Lipinski definition) is 5. The van der Waals surface area contributed by atoms with E-state index in [9.17, 15) is 14.9 Å². The van der Waals surface area contributed by atoms with Crippen LogP contribution in [0.2, 0.25) is 5.02 Å². The van der Waals surface area contributed by atoms with Gasteiger partial charge in [0.05, 0.1) is 27.0 Å². The number of non-ortho nitro benzene ring substituents is 1. The first-order chi connectivity index (χ1) is 14.4. The predicted octanol–water partition coefficient (Wildman–Crippen LogP) is 3.70. The lowest BCUT2D eigenvalue weighted by Gasteiger charge is -2.36. The number of carbonyl (C=O) groups is 1. The molecule has 0 saturated carbocycles. The van der Waals surface area contributed by atoms with Crippen LogP contribution >= 0.6 is 11.6 Å². The highest BCUT2D eigenvalue weighted by molar-refractivity contribution is 6.33. The minimum absolute atomic E-state index is 0.0397. The standard InChI is InChI=1S/C21H20ClN5O3/c1-15-13-20(26(23-15)16-5-3-2-4-6-16)21(28)25-11-9-24(10-12-25)19-8-7-17(27(29)30)14-18(19)22/h2-8,13-14H,9-12H2,1H3. The van der Waals surface area contributed by atoms with E-state index in [2.05, 4.69) is 5.10 Å². The van der Waals surface area contributed by atoms with Gasteiger partial charge in [-0.25, -0.2) is 4.68 Å². The molecule has 0 aliphatic carbocycles. The molecule has 2 heterocycles. The predicted molar refractivity (Wildman–Crippen MR) is 115 cm³/mol. The first kappa shape index (κ1) is 19.9. The Morgan fingerprint density at radius 2 is 1.77 bits per heavy atom. The number of rotatable bonds is 4. The number of aromatic nitrogens is 2. The number of aryl methyl sites for hydroxylation is 1. The van der Waals surface area contributed by atoms with Crippen LogP contribution < -0.4 is 4.90 Å². The van der Waals surface area contributed by atoms with Gasteiger partial charge in [-0.3, -0.25) is 14.9 Å². The second kappa shape index (κ2) is 8.16. The number of benzene rings is 2. The van der Waals surface area contributed by atoms with Gasteiger partial charge in [0.25, 0.3) is 11.6 Å². The number of hydrogen-bond donors (Lipinski definition) is 0. The Morgan fingerprint density at radius 3 is 2.40 bits per heavy atom. The van der Waals surface area contributed by atoms with Crippen LogP contribution in [0.15, 0.2) is 54.6 Å². The summed E-state index contributed by atoms with van der Waals surface area (Å²) >= 11 is 6.25. The van der Waals surface area contributed by atoms with Crippen LogP contribution in [0.1, 0.15) is 16.2 Å². The first-order valence-corrected chi connectivity index (χ1v) is 9.92. The zero-order valence-corrected chi connectivity index (χ0v) is 17.1. The smallest absolute Gasteiger partial charge is 0.272 e. The summed E-state index contributed by atoms with van der Waals surface area (Å²) in [4.78, 5) is 27.5. The molecule has 1 amide bonds. The molecule has 0 radical (unpaired) electrons. The molecule has 1 aliphatic rings. The Hall–Kier alpha value is -3.39. The van der Waals surface area contributed by atoms with Crippen LogP contribution in [0.3, 0.4) is 0 Å². The van der Waals surface area contributed by atoms with Crippen molar-refractivity contribution in [1.29, 1.82) is 0 Å². The number of amides is 1. The van der Waals surface area contributed by atoms with Crippen LogP contribution in [-0.4, -0.2) is 51.7 Å². The van der Waals surface area contributed by atoms with Gasteiger partial charge >= 0.3 is 0 Å². The van der Waals surface area contributed by atoms with E-state index in [4.69, 9.17) is 11.6 Å². The molecule has 1 aliphatic heterocycles. The number of para-hydroxylation sites is 1. The minimum Gasteiger partial charge on any atom is -0.367 e. The molecule has 154 valence electrons. The lowest BCUT2D eigenvalue weighted by Crippen LogP contribution is -2.49. The highest BCUT2D eigenvalue weighted by Crippen LogP contribution is 2.30. The summed E-state index contributed by atoms with van der Waals surface area (Å²) in [6, 6.07) is 15.8. The Morgan fingerprint density at radius 1 is 1.07 bits per heavy atom. The molecule has 4 rings (SSSR count). The summed E-state index contributed by atoms with van der Waals surface area (Å²) in [5.74, 6) is -0.0751. The van der Waals surface area contributed by atoms with E-state index in [1.165, 1.54) is 12.1 Å². The molecule has 0 bridgehead atoms. The molecule has 0 spiro atoms. The van der Waals surface area contributed by atoms with Gasteiger partial charge in [-0.05, 0) is 31.2 Å². The van der Waals surface area contributed by atoms with Gasteiger partial charge < -0.3 is 9.80 Å². The summed E-state index contributed by atoms with van der Waals surface area (Å²) in [5, 5.41) is 15.7. The molecule has 2 aromatic carbocycles. The molecule has 9 heteroatoms. The van der Waals surface area contributed by atoms with Crippen molar-refractivity contribution in [2.45, 2.75) is 6.92 Å². The summed E-state index contributed by atoms with van der Waals surface area (Å²) in [5.41, 5.74) is 2.84. The van der Waals surface area contributed by atoms with Crippen molar-refractivity contribution in [3.8, 4) is 5.69 Å². The molecule has 0 atom stereocenters. The van der Waals surface area contributed by atoms with Gasteiger partial charge in [0.1, 0.15) is 5.69 Å². The van der Waals surface area contributed by atoms with E-state index in [0.29, 0.717) is 36.9 Å². The van der Waals surface area contributed by atoms with Gasteiger partial charge in [-0.15, -0.1) is 0 Å². The number of anilines is 1. The summed E-state index contributed by atoms with van der Waals surface area (Å²) in [7, 11) is 0. The van der Waals surface area contributed by atoms with Gasteiger partial charge in [-0.1, -0.05) is 29.8 Å². The van der Waals surface area contributed by atoms with Crippen molar-refractivity contribution in [1.82, 2.24) is 14.7 Å². The van der Waals surface area contributed by atoms with Crippen molar-refractivity contribution in [2.75, 3.05) is 31.1 Å². The lowest BCUT2D eigenvalue weighted by atomic mass is 10.2. The van der Waals surface area contributed by atoms with Crippen LogP contribution in [-0.2, 0) is 0 Å². The first-order valence-electron chi connectivity index (χ1n) is 9.54. The van der Waals surface area contributed by atoms with E-state index >= 15 is 0 Å². The van der Waals surface area contributed by atoms with Gasteiger partial charge in [0.15, 0.2) is 0 Å². The summed E-state index contributed by atoms with van der Waals surface area (Å²) < 4.78 is 1.68. The van der Waals surface area contributed by atoms with Gasteiger partial charge in [0, 0.05) is 38.3 Å². The molecule has 30 heavy (non-hydrogen) atoms. The number of piperazine rings is 1.